The van der Waals surface area contributed by atoms with E-state index >= 15 is 0 Å². The van der Waals surface area contributed by atoms with Gasteiger partial charge in [0, 0.05) is 18.6 Å². The molecule has 0 radical (unpaired) electrons. The molecule has 5 nitrogen and oxygen atoms in total. The lowest BCUT2D eigenvalue weighted by molar-refractivity contribution is -0.131. The zero-order valence-corrected chi connectivity index (χ0v) is 13.8. The molecule has 0 atom stereocenters. The van der Waals surface area contributed by atoms with E-state index < -0.39 is 5.97 Å². The number of rotatable bonds is 4. The molecule has 3 rings (SSSR count). The minimum absolute atomic E-state index is 0.209. The molecule has 0 bridgehead atoms. The van der Waals surface area contributed by atoms with Gasteiger partial charge in [-0.15, -0.1) is 0 Å². The second-order valence-electron chi connectivity index (χ2n) is 5.31. The normalized spacial score (nSPS) is 14.5. The van der Waals surface area contributed by atoms with Crippen LogP contribution >= 0.6 is 0 Å². The number of benzene rings is 2. The molecule has 0 fully saturated rings. The van der Waals surface area contributed by atoms with Gasteiger partial charge >= 0.3 is 5.97 Å². The van der Waals surface area contributed by atoms with Crippen LogP contribution in [0.3, 0.4) is 0 Å². The third-order valence-corrected chi connectivity index (χ3v) is 3.57. The number of para-hydroxylation sites is 1. The van der Waals surface area contributed by atoms with Crippen molar-refractivity contribution >= 4 is 17.8 Å². The predicted octanol–water partition coefficient (Wildman–Crippen LogP) is 3.79. The topological polar surface area (TPSA) is 61.8 Å². The highest BCUT2D eigenvalue weighted by Gasteiger charge is 2.27. The highest BCUT2D eigenvalue weighted by atomic mass is 16.5. The molecule has 0 saturated carbocycles. The summed E-state index contributed by atoms with van der Waals surface area (Å²) in [7, 11) is 1.60. The summed E-state index contributed by atoms with van der Waals surface area (Å²) in [5, 5.41) is 0. The number of esters is 1. The minimum Gasteiger partial charge on any atom is -0.496 e. The Morgan fingerprint density at radius 2 is 1.96 bits per heavy atom. The average molecular weight is 336 g/mol. The number of ether oxygens (including phenoxy) is 3. The fraction of sp³-hybridized carbons (Fsp3) is 0.100. The smallest absolute Gasteiger partial charge is 0.308 e. The number of methoxy groups -OCH3 is 1. The lowest BCUT2D eigenvalue weighted by Gasteiger charge is -2.03. The zero-order chi connectivity index (χ0) is 17.8. The van der Waals surface area contributed by atoms with Gasteiger partial charge in [0.1, 0.15) is 17.2 Å². The average Bonchev–Trinajstić information content (AvgIpc) is 2.90. The van der Waals surface area contributed by atoms with E-state index in [0.717, 1.165) is 11.3 Å². The van der Waals surface area contributed by atoms with E-state index in [9.17, 15) is 9.59 Å². The lowest BCUT2D eigenvalue weighted by Crippen LogP contribution is -2.01. The first-order chi connectivity index (χ1) is 12.1. The second-order valence-corrected chi connectivity index (χ2v) is 5.31. The van der Waals surface area contributed by atoms with Crippen molar-refractivity contribution in [3.63, 3.8) is 0 Å². The van der Waals surface area contributed by atoms with Crippen molar-refractivity contribution in [2.75, 3.05) is 7.11 Å². The van der Waals surface area contributed by atoms with E-state index in [0.29, 0.717) is 17.1 Å². The van der Waals surface area contributed by atoms with E-state index in [1.165, 1.54) is 13.0 Å². The van der Waals surface area contributed by atoms with Crippen molar-refractivity contribution in [2.45, 2.75) is 6.92 Å². The molecular formula is C20H16O5. The summed E-state index contributed by atoms with van der Waals surface area (Å²) < 4.78 is 15.8. The summed E-state index contributed by atoms with van der Waals surface area (Å²) in [6.07, 6.45) is 5.15. The summed E-state index contributed by atoms with van der Waals surface area (Å²) in [6, 6.07) is 12.2. The van der Waals surface area contributed by atoms with Crippen molar-refractivity contribution in [2.24, 2.45) is 0 Å². The molecule has 0 aromatic heterocycles. The maximum atomic E-state index is 12.3. The molecule has 0 spiro atoms. The van der Waals surface area contributed by atoms with Gasteiger partial charge in [-0.05, 0) is 24.3 Å². The molecular weight excluding hydrogens is 320 g/mol. The maximum absolute atomic E-state index is 12.3. The van der Waals surface area contributed by atoms with E-state index in [1.807, 2.05) is 30.3 Å². The van der Waals surface area contributed by atoms with Crippen molar-refractivity contribution in [3.05, 3.63) is 71.5 Å². The van der Waals surface area contributed by atoms with Crippen LogP contribution in [0.4, 0.5) is 0 Å². The quantitative estimate of drug-likeness (QED) is 0.483. The fourth-order valence-corrected chi connectivity index (χ4v) is 2.45. The van der Waals surface area contributed by atoms with Gasteiger partial charge in [0.2, 0.25) is 5.78 Å². The monoisotopic (exact) mass is 336 g/mol. The number of allylic oxidation sites excluding steroid dienone is 3. The summed E-state index contributed by atoms with van der Waals surface area (Å²) in [5.74, 6) is 1.02. The Morgan fingerprint density at radius 1 is 1.16 bits per heavy atom. The molecule has 0 N–H and O–H groups in total. The molecule has 1 aliphatic rings. The molecule has 2 aromatic rings. The Labute approximate surface area is 145 Å². The Kier molecular flexibility index (Phi) is 4.66. The number of Topliss-reactive ketones (excluding diaryl/α,β-unsaturated/α-hetero) is 1. The van der Waals surface area contributed by atoms with Gasteiger partial charge in [0.25, 0.3) is 0 Å². The van der Waals surface area contributed by atoms with Crippen LogP contribution in [-0.4, -0.2) is 18.9 Å². The van der Waals surface area contributed by atoms with E-state index in [4.69, 9.17) is 14.2 Å². The summed E-state index contributed by atoms with van der Waals surface area (Å²) in [6.45, 7) is 1.31. The molecule has 0 saturated heterocycles. The molecule has 0 aliphatic carbocycles. The SMILES string of the molecule is COc1ccccc1C=CC=C1Oc2cc(OC(C)=O)ccc2C1=O. The van der Waals surface area contributed by atoms with Crippen LogP contribution in [0.1, 0.15) is 22.8 Å². The molecule has 5 heteroatoms. The van der Waals surface area contributed by atoms with Gasteiger partial charge in [-0.25, -0.2) is 0 Å². The zero-order valence-electron chi connectivity index (χ0n) is 13.8. The summed E-state index contributed by atoms with van der Waals surface area (Å²) >= 11 is 0. The number of ketones is 1. The number of carbonyl (C=O) groups excluding carboxylic acids is 2. The van der Waals surface area contributed by atoms with Crippen LogP contribution < -0.4 is 14.2 Å². The standard InChI is InChI=1S/C20H16O5/c1-13(21)24-15-10-11-16-19(12-15)25-18(20(16)22)9-5-7-14-6-3-4-8-17(14)23-2/h3-12H,1-2H3. The lowest BCUT2D eigenvalue weighted by atomic mass is 10.1. The largest absolute Gasteiger partial charge is 0.496 e. The minimum atomic E-state index is -0.431. The van der Waals surface area contributed by atoms with Crippen molar-refractivity contribution in [1.82, 2.24) is 0 Å². The van der Waals surface area contributed by atoms with Crippen LogP contribution in [0.2, 0.25) is 0 Å². The predicted molar refractivity (Wildman–Crippen MR) is 92.8 cm³/mol. The van der Waals surface area contributed by atoms with Crippen LogP contribution in [0.15, 0.2) is 60.4 Å². The molecule has 25 heavy (non-hydrogen) atoms. The Bertz CT molecular complexity index is 893. The van der Waals surface area contributed by atoms with Crippen molar-refractivity contribution in [1.29, 1.82) is 0 Å². The van der Waals surface area contributed by atoms with E-state index in [2.05, 4.69) is 0 Å². The fourth-order valence-electron chi connectivity index (χ4n) is 2.45. The van der Waals surface area contributed by atoms with Gasteiger partial charge in [-0.1, -0.05) is 30.4 Å². The van der Waals surface area contributed by atoms with Gasteiger partial charge in [-0.3, -0.25) is 9.59 Å². The molecule has 126 valence electrons. The van der Waals surface area contributed by atoms with E-state index in [1.54, 1.807) is 31.4 Å². The van der Waals surface area contributed by atoms with Crippen LogP contribution in [0.25, 0.3) is 6.08 Å². The molecule has 1 heterocycles. The highest BCUT2D eigenvalue weighted by Crippen LogP contribution is 2.34. The van der Waals surface area contributed by atoms with Crippen molar-refractivity contribution in [3.8, 4) is 17.2 Å². The first kappa shape index (κ1) is 16.5. The van der Waals surface area contributed by atoms with Crippen LogP contribution in [-0.2, 0) is 4.79 Å². The van der Waals surface area contributed by atoms with Gasteiger partial charge in [-0.2, -0.15) is 0 Å². The van der Waals surface area contributed by atoms with Gasteiger partial charge in [0.15, 0.2) is 5.76 Å². The number of hydrogen-bond donors (Lipinski definition) is 0. The third-order valence-electron chi connectivity index (χ3n) is 3.57. The van der Waals surface area contributed by atoms with Gasteiger partial charge < -0.3 is 14.2 Å². The number of fused-ring (bicyclic) bond motifs is 1. The highest BCUT2D eigenvalue weighted by molar-refractivity contribution is 6.12. The number of hydrogen-bond acceptors (Lipinski definition) is 5. The maximum Gasteiger partial charge on any atom is 0.308 e. The van der Waals surface area contributed by atoms with E-state index in [-0.39, 0.29) is 11.5 Å². The Morgan fingerprint density at radius 3 is 2.72 bits per heavy atom. The van der Waals surface area contributed by atoms with Crippen molar-refractivity contribution < 1.29 is 23.8 Å². The molecule has 1 aliphatic heterocycles. The first-order valence-electron chi connectivity index (χ1n) is 7.65. The third kappa shape index (κ3) is 3.61. The van der Waals surface area contributed by atoms with Crippen LogP contribution in [0, 0.1) is 0 Å². The molecule has 0 unspecified atom stereocenters. The Balaban J connectivity index is 1.80. The summed E-state index contributed by atoms with van der Waals surface area (Å²) in [5.41, 5.74) is 1.33. The Hall–Kier alpha value is -3.34. The van der Waals surface area contributed by atoms with Gasteiger partial charge in [0.05, 0.1) is 12.7 Å². The van der Waals surface area contributed by atoms with Crippen LogP contribution in [0.5, 0.6) is 17.2 Å². The molecule has 2 aromatic carbocycles. The second kappa shape index (κ2) is 7.05. The number of carbonyl (C=O) groups is 2. The summed E-state index contributed by atoms with van der Waals surface area (Å²) in [4.78, 5) is 23.3. The molecule has 0 amide bonds. The first-order valence-corrected chi connectivity index (χ1v) is 7.65.